The number of fused-ring (bicyclic) bond motifs is 1. The van der Waals surface area contributed by atoms with Crippen LogP contribution in [0.1, 0.15) is 34.8 Å². The van der Waals surface area contributed by atoms with Crippen molar-refractivity contribution >= 4 is 22.4 Å². The molecule has 1 amide bonds. The molecule has 0 aromatic heterocycles. The van der Waals surface area contributed by atoms with Crippen LogP contribution in [0.2, 0.25) is 0 Å². The molecule has 0 heterocycles. The quantitative estimate of drug-likeness (QED) is 0.188. The molecule has 0 bridgehead atoms. The molecule has 0 aliphatic carbocycles. The molecular weight excluding hydrogens is 480 g/mol. The highest BCUT2D eigenvalue weighted by molar-refractivity contribution is 6.07. The van der Waals surface area contributed by atoms with E-state index in [2.05, 4.69) is 43.2 Å². The Labute approximate surface area is 233 Å². The van der Waals surface area contributed by atoms with E-state index in [0.29, 0.717) is 19.7 Å². The van der Waals surface area contributed by atoms with E-state index in [4.69, 9.17) is 4.74 Å². The minimum absolute atomic E-state index is 0.0225. The third kappa shape index (κ3) is 8.34. The molecule has 4 heteroatoms. The fourth-order valence-electron chi connectivity index (χ4n) is 4.33. The number of hydrogen-bond acceptors (Lipinski definition) is 3. The van der Waals surface area contributed by atoms with E-state index in [1.807, 2.05) is 104 Å². The van der Waals surface area contributed by atoms with Crippen LogP contribution in [-0.4, -0.2) is 38.1 Å². The topological polar surface area (TPSA) is 32.8 Å². The molecule has 4 aromatic carbocycles. The summed E-state index contributed by atoms with van der Waals surface area (Å²) in [4.78, 5) is 17.8. The van der Waals surface area contributed by atoms with Crippen molar-refractivity contribution < 1.29 is 9.53 Å². The Morgan fingerprint density at radius 3 is 2.10 bits per heavy atom. The van der Waals surface area contributed by atoms with E-state index in [9.17, 15) is 4.79 Å². The van der Waals surface area contributed by atoms with Crippen molar-refractivity contribution in [3.8, 4) is 5.75 Å². The molecule has 4 nitrogen and oxygen atoms in total. The van der Waals surface area contributed by atoms with Crippen molar-refractivity contribution in [1.82, 2.24) is 4.90 Å². The van der Waals surface area contributed by atoms with Crippen molar-refractivity contribution in [3.63, 3.8) is 0 Å². The van der Waals surface area contributed by atoms with E-state index in [1.54, 1.807) is 0 Å². The lowest BCUT2D eigenvalue weighted by Crippen LogP contribution is -2.34. The Balaban J connectivity index is 0.000000771. The highest BCUT2D eigenvalue weighted by Crippen LogP contribution is 2.22. The van der Waals surface area contributed by atoms with Gasteiger partial charge in [-0.3, -0.25) is 4.79 Å². The van der Waals surface area contributed by atoms with E-state index in [0.717, 1.165) is 40.6 Å². The van der Waals surface area contributed by atoms with Crippen molar-refractivity contribution in [3.05, 3.63) is 133 Å². The third-order valence-corrected chi connectivity index (χ3v) is 6.48. The number of aryl methyl sites for hydroxylation is 1. The average Bonchev–Trinajstić information content (AvgIpc) is 2.97. The SMILES string of the molecule is C=CCC=C.CCc1ccccc1CN(CCOc1ccc(N(C)C)cc1)C(=O)c1cccc2ccccc12. The zero-order valence-electron chi connectivity index (χ0n) is 23.5. The first-order valence-corrected chi connectivity index (χ1v) is 13.4. The molecule has 0 aliphatic heterocycles. The lowest BCUT2D eigenvalue weighted by atomic mass is 10.0. The summed E-state index contributed by atoms with van der Waals surface area (Å²) in [7, 11) is 4.03. The lowest BCUT2D eigenvalue weighted by molar-refractivity contribution is 0.0718. The van der Waals surface area contributed by atoms with Gasteiger partial charge in [-0.15, -0.1) is 13.2 Å². The summed E-state index contributed by atoms with van der Waals surface area (Å²) in [6, 6.07) is 30.3. The standard InChI is InChI=1S/C30H32N2O2.C5H8/c1-4-23-10-5-6-12-25(23)22-32(20-21-34-27-18-16-26(17-19-27)31(2)3)30(33)29-15-9-13-24-11-7-8-14-28(24)29;1-3-5-4-2/h5-19H,4,20-22H2,1-3H3;3-4H,1-2,5H2. The van der Waals surface area contributed by atoms with Gasteiger partial charge in [-0.25, -0.2) is 0 Å². The van der Waals surface area contributed by atoms with E-state index in [-0.39, 0.29) is 5.91 Å². The van der Waals surface area contributed by atoms with E-state index in [1.165, 1.54) is 11.1 Å². The van der Waals surface area contributed by atoms with Gasteiger partial charge >= 0.3 is 0 Å². The number of anilines is 1. The number of rotatable bonds is 11. The Bertz CT molecular complexity index is 1350. The molecule has 4 aromatic rings. The molecule has 202 valence electrons. The van der Waals surface area contributed by atoms with Crippen molar-refractivity contribution in [2.24, 2.45) is 0 Å². The van der Waals surface area contributed by atoms with Crippen LogP contribution in [0, 0.1) is 0 Å². The molecule has 0 radical (unpaired) electrons. The molecule has 0 unspecified atom stereocenters. The average molecular weight is 521 g/mol. The predicted molar refractivity (Wildman–Crippen MR) is 166 cm³/mol. The second-order valence-electron chi connectivity index (χ2n) is 9.43. The fraction of sp³-hybridized carbons (Fsp3) is 0.229. The number of amides is 1. The predicted octanol–water partition coefficient (Wildman–Crippen LogP) is 7.94. The van der Waals surface area contributed by atoms with Gasteiger partial charge in [0, 0.05) is 31.9 Å². The van der Waals surface area contributed by atoms with Crippen LogP contribution in [-0.2, 0) is 13.0 Å². The number of carbonyl (C=O) groups is 1. The van der Waals surface area contributed by atoms with Gasteiger partial charge in [0.25, 0.3) is 5.91 Å². The lowest BCUT2D eigenvalue weighted by Gasteiger charge is -2.25. The summed E-state index contributed by atoms with van der Waals surface area (Å²) in [6.07, 6.45) is 5.47. The summed E-state index contributed by atoms with van der Waals surface area (Å²) in [5, 5.41) is 2.04. The normalized spacial score (nSPS) is 10.2. The summed E-state index contributed by atoms with van der Waals surface area (Å²) < 4.78 is 6.03. The summed E-state index contributed by atoms with van der Waals surface area (Å²) in [5.41, 5.74) is 4.28. The van der Waals surface area contributed by atoms with Crippen LogP contribution >= 0.6 is 0 Å². The van der Waals surface area contributed by atoms with Crippen molar-refractivity contribution in [2.45, 2.75) is 26.3 Å². The minimum Gasteiger partial charge on any atom is -0.492 e. The molecule has 39 heavy (non-hydrogen) atoms. The number of ether oxygens (including phenoxy) is 1. The molecule has 0 N–H and O–H groups in total. The highest BCUT2D eigenvalue weighted by atomic mass is 16.5. The molecular formula is C35H40N2O2. The number of hydrogen-bond donors (Lipinski definition) is 0. The van der Waals surface area contributed by atoms with Gasteiger partial charge in [-0.2, -0.15) is 0 Å². The van der Waals surface area contributed by atoms with Crippen LogP contribution in [0.5, 0.6) is 5.75 Å². The Hall–Kier alpha value is -4.31. The number of carbonyl (C=O) groups excluding carboxylic acids is 1. The maximum Gasteiger partial charge on any atom is 0.254 e. The largest absolute Gasteiger partial charge is 0.492 e. The van der Waals surface area contributed by atoms with Gasteiger partial charge in [0.15, 0.2) is 0 Å². The minimum atomic E-state index is 0.0225. The Kier molecular flexibility index (Phi) is 11.4. The van der Waals surface area contributed by atoms with Gasteiger partial charge in [0.2, 0.25) is 0 Å². The van der Waals surface area contributed by atoms with Crippen LogP contribution in [0.25, 0.3) is 10.8 Å². The third-order valence-electron chi connectivity index (χ3n) is 6.48. The van der Waals surface area contributed by atoms with Gasteiger partial charge in [-0.1, -0.05) is 79.7 Å². The summed E-state index contributed by atoms with van der Waals surface area (Å²) in [6.45, 7) is 10.6. The van der Waals surface area contributed by atoms with Crippen LogP contribution in [0.15, 0.2) is 116 Å². The number of nitrogens with zero attached hydrogens (tertiary/aromatic N) is 2. The first-order valence-electron chi connectivity index (χ1n) is 13.4. The fourth-order valence-corrected chi connectivity index (χ4v) is 4.33. The molecule has 0 saturated carbocycles. The molecule has 0 saturated heterocycles. The zero-order chi connectivity index (χ0) is 28.0. The first kappa shape index (κ1) is 29.2. The number of allylic oxidation sites excluding steroid dienone is 2. The monoisotopic (exact) mass is 520 g/mol. The maximum absolute atomic E-state index is 13.8. The number of benzene rings is 4. The summed E-state index contributed by atoms with van der Waals surface area (Å²) >= 11 is 0. The summed E-state index contributed by atoms with van der Waals surface area (Å²) in [5.74, 6) is 0.825. The highest BCUT2D eigenvalue weighted by Gasteiger charge is 2.19. The van der Waals surface area contributed by atoms with Gasteiger partial charge in [0.1, 0.15) is 12.4 Å². The maximum atomic E-state index is 13.8. The van der Waals surface area contributed by atoms with Crippen LogP contribution < -0.4 is 9.64 Å². The van der Waals surface area contributed by atoms with Gasteiger partial charge < -0.3 is 14.5 Å². The van der Waals surface area contributed by atoms with Crippen molar-refractivity contribution in [1.29, 1.82) is 0 Å². The molecule has 0 aliphatic rings. The molecule has 0 atom stereocenters. The van der Waals surface area contributed by atoms with E-state index >= 15 is 0 Å². The second kappa shape index (κ2) is 15.2. The zero-order valence-corrected chi connectivity index (χ0v) is 23.5. The second-order valence-corrected chi connectivity index (χ2v) is 9.43. The van der Waals surface area contributed by atoms with Crippen molar-refractivity contribution in [2.75, 3.05) is 32.1 Å². The Morgan fingerprint density at radius 2 is 1.46 bits per heavy atom. The van der Waals surface area contributed by atoms with E-state index < -0.39 is 0 Å². The van der Waals surface area contributed by atoms with Gasteiger partial charge in [-0.05, 0) is 65.1 Å². The molecule has 0 fully saturated rings. The van der Waals surface area contributed by atoms with Crippen LogP contribution in [0.3, 0.4) is 0 Å². The molecule has 0 spiro atoms. The smallest absolute Gasteiger partial charge is 0.254 e. The molecule has 4 rings (SSSR count). The van der Waals surface area contributed by atoms with Crippen LogP contribution in [0.4, 0.5) is 5.69 Å². The first-order chi connectivity index (χ1) is 19.0. The van der Waals surface area contributed by atoms with Gasteiger partial charge in [0.05, 0.1) is 6.54 Å². The Morgan fingerprint density at radius 1 is 0.821 bits per heavy atom.